The van der Waals surface area contributed by atoms with Gasteiger partial charge in [0.1, 0.15) is 0 Å². The van der Waals surface area contributed by atoms with E-state index in [1.165, 1.54) is 31.5 Å². The number of alkyl halides is 1. The third-order valence-corrected chi connectivity index (χ3v) is 5.11. The van der Waals surface area contributed by atoms with Crippen molar-refractivity contribution in [1.29, 1.82) is 0 Å². The molecule has 1 amide bonds. The minimum atomic E-state index is -0.551. The number of likely N-dealkylation sites (tertiary alicyclic amines) is 1. The standard InChI is InChI=1S/C18H27ClN2O/c1-14-8-10-21(11-9-14)12-15-4-6-16(7-5-15)20-17(22)18(2,3)13-19/h4-7,14H,8-13H2,1-3H3,(H,20,22). The second-order valence-electron chi connectivity index (χ2n) is 7.13. The molecule has 1 aliphatic rings. The van der Waals surface area contributed by atoms with E-state index in [0.29, 0.717) is 5.88 Å². The molecule has 122 valence electrons. The molecule has 0 aliphatic carbocycles. The summed E-state index contributed by atoms with van der Waals surface area (Å²) in [6, 6.07) is 8.15. The van der Waals surface area contributed by atoms with Gasteiger partial charge in [-0.1, -0.05) is 19.1 Å². The maximum atomic E-state index is 12.1. The summed E-state index contributed by atoms with van der Waals surface area (Å²) >= 11 is 5.83. The van der Waals surface area contributed by atoms with Gasteiger partial charge in [0, 0.05) is 18.1 Å². The van der Waals surface area contributed by atoms with Gasteiger partial charge in [-0.3, -0.25) is 9.69 Å². The summed E-state index contributed by atoms with van der Waals surface area (Å²) in [4.78, 5) is 14.6. The lowest BCUT2D eigenvalue weighted by Crippen LogP contribution is -2.32. The number of hydrogen-bond donors (Lipinski definition) is 1. The Labute approximate surface area is 139 Å². The average Bonchev–Trinajstić information content (AvgIpc) is 2.51. The van der Waals surface area contributed by atoms with Crippen LogP contribution in [0.4, 0.5) is 5.69 Å². The Balaban J connectivity index is 1.89. The number of nitrogens with one attached hydrogen (secondary N) is 1. The van der Waals surface area contributed by atoms with Crippen LogP contribution >= 0.6 is 11.6 Å². The Kier molecular flexibility index (Phi) is 5.87. The van der Waals surface area contributed by atoms with E-state index in [9.17, 15) is 4.79 Å². The lowest BCUT2D eigenvalue weighted by molar-refractivity contribution is -0.122. The van der Waals surface area contributed by atoms with Gasteiger partial charge in [0.15, 0.2) is 0 Å². The molecular weight excluding hydrogens is 296 g/mol. The Bertz CT molecular complexity index is 490. The van der Waals surface area contributed by atoms with Crippen LogP contribution in [0, 0.1) is 11.3 Å². The van der Waals surface area contributed by atoms with Gasteiger partial charge in [-0.05, 0) is 63.4 Å². The zero-order valence-corrected chi connectivity index (χ0v) is 14.6. The number of amides is 1. The normalized spacial score (nSPS) is 17.5. The van der Waals surface area contributed by atoms with Crippen molar-refractivity contribution in [2.45, 2.75) is 40.2 Å². The van der Waals surface area contributed by atoms with Gasteiger partial charge < -0.3 is 5.32 Å². The summed E-state index contributed by atoms with van der Waals surface area (Å²) in [6.45, 7) is 9.39. The molecule has 1 N–H and O–H groups in total. The molecule has 1 heterocycles. The summed E-state index contributed by atoms with van der Waals surface area (Å²) in [7, 11) is 0. The van der Waals surface area contributed by atoms with Gasteiger partial charge in [0.05, 0.1) is 5.41 Å². The Morgan fingerprint density at radius 1 is 1.27 bits per heavy atom. The Morgan fingerprint density at radius 2 is 1.86 bits per heavy atom. The summed E-state index contributed by atoms with van der Waals surface area (Å²) < 4.78 is 0. The first-order valence-corrected chi connectivity index (χ1v) is 8.63. The topological polar surface area (TPSA) is 32.3 Å². The van der Waals surface area contributed by atoms with Gasteiger partial charge >= 0.3 is 0 Å². The molecule has 1 aliphatic heterocycles. The van der Waals surface area contributed by atoms with Crippen molar-refractivity contribution in [3.8, 4) is 0 Å². The Morgan fingerprint density at radius 3 is 2.41 bits per heavy atom. The van der Waals surface area contributed by atoms with Crippen molar-refractivity contribution < 1.29 is 4.79 Å². The van der Waals surface area contributed by atoms with Crippen LogP contribution in [0.1, 0.15) is 39.2 Å². The highest BCUT2D eigenvalue weighted by atomic mass is 35.5. The maximum absolute atomic E-state index is 12.1. The molecule has 3 nitrogen and oxygen atoms in total. The van der Waals surface area contributed by atoms with Crippen molar-refractivity contribution >= 4 is 23.2 Å². The second kappa shape index (κ2) is 7.47. The molecule has 0 aromatic heterocycles. The molecule has 0 saturated carbocycles. The number of hydrogen-bond acceptors (Lipinski definition) is 2. The predicted octanol–water partition coefficient (Wildman–Crippen LogP) is 4.12. The third-order valence-electron chi connectivity index (χ3n) is 4.44. The van der Waals surface area contributed by atoms with E-state index in [1.54, 1.807) is 0 Å². The van der Waals surface area contributed by atoms with Gasteiger partial charge in [0.2, 0.25) is 5.91 Å². The minimum absolute atomic E-state index is 0.0414. The van der Waals surface area contributed by atoms with Crippen LogP contribution in [0.15, 0.2) is 24.3 Å². The number of anilines is 1. The molecule has 2 rings (SSSR count). The fourth-order valence-electron chi connectivity index (χ4n) is 2.53. The Hall–Kier alpha value is -1.06. The van der Waals surface area contributed by atoms with E-state index in [1.807, 2.05) is 26.0 Å². The van der Waals surface area contributed by atoms with E-state index in [2.05, 4.69) is 29.3 Å². The van der Waals surface area contributed by atoms with Crippen molar-refractivity contribution in [2.24, 2.45) is 11.3 Å². The zero-order valence-electron chi connectivity index (χ0n) is 13.9. The molecule has 22 heavy (non-hydrogen) atoms. The van der Waals surface area contributed by atoms with E-state index in [4.69, 9.17) is 11.6 Å². The second-order valence-corrected chi connectivity index (χ2v) is 7.39. The molecule has 4 heteroatoms. The van der Waals surface area contributed by atoms with Gasteiger partial charge in [-0.2, -0.15) is 0 Å². The van der Waals surface area contributed by atoms with Crippen molar-refractivity contribution in [3.63, 3.8) is 0 Å². The van der Waals surface area contributed by atoms with Crippen LogP contribution in [-0.4, -0.2) is 29.8 Å². The highest BCUT2D eigenvalue weighted by Gasteiger charge is 2.26. The van der Waals surface area contributed by atoms with E-state index < -0.39 is 5.41 Å². The number of nitrogens with zero attached hydrogens (tertiary/aromatic N) is 1. The molecule has 0 bridgehead atoms. The number of carbonyl (C=O) groups excluding carboxylic acids is 1. The highest BCUT2D eigenvalue weighted by molar-refractivity contribution is 6.20. The number of benzene rings is 1. The number of carbonyl (C=O) groups is 1. The molecule has 0 spiro atoms. The molecule has 1 fully saturated rings. The first kappa shape index (κ1) is 17.3. The lowest BCUT2D eigenvalue weighted by atomic mass is 9.95. The maximum Gasteiger partial charge on any atom is 0.231 e. The van der Waals surface area contributed by atoms with E-state index in [-0.39, 0.29) is 5.91 Å². The number of halogens is 1. The monoisotopic (exact) mass is 322 g/mol. The molecule has 1 saturated heterocycles. The van der Waals surface area contributed by atoms with Crippen LogP contribution < -0.4 is 5.32 Å². The van der Waals surface area contributed by atoms with Gasteiger partial charge in [-0.15, -0.1) is 11.6 Å². The number of piperidine rings is 1. The molecule has 0 radical (unpaired) electrons. The molecule has 1 aromatic carbocycles. The number of rotatable bonds is 5. The molecular formula is C18H27ClN2O. The summed E-state index contributed by atoms with van der Waals surface area (Å²) in [5.41, 5.74) is 1.58. The SMILES string of the molecule is CC1CCN(Cc2ccc(NC(=O)C(C)(C)CCl)cc2)CC1. The van der Waals surface area contributed by atoms with Crippen LogP contribution in [0.25, 0.3) is 0 Å². The summed E-state index contributed by atoms with van der Waals surface area (Å²) in [6.07, 6.45) is 2.59. The van der Waals surface area contributed by atoms with Crippen LogP contribution in [0.5, 0.6) is 0 Å². The van der Waals surface area contributed by atoms with Crippen LogP contribution in [-0.2, 0) is 11.3 Å². The molecule has 0 atom stereocenters. The summed E-state index contributed by atoms with van der Waals surface area (Å²) in [5.74, 6) is 1.13. The highest BCUT2D eigenvalue weighted by Crippen LogP contribution is 2.22. The zero-order chi connectivity index (χ0) is 16.2. The van der Waals surface area contributed by atoms with Gasteiger partial charge in [-0.25, -0.2) is 0 Å². The van der Waals surface area contributed by atoms with E-state index in [0.717, 1.165) is 18.2 Å². The lowest BCUT2D eigenvalue weighted by Gasteiger charge is -2.30. The minimum Gasteiger partial charge on any atom is -0.326 e. The van der Waals surface area contributed by atoms with Crippen molar-refractivity contribution in [3.05, 3.63) is 29.8 Å². The van der Waals surface area contributed by atoms with Crippen LogP contribution in [0.2, 0.25) is 0 Å². The van der Waals surface area contributed by atoms with Crippen LogP contribution in [0.3, 0.4) is 0 Å². The smallest absolute Gasteiger partial charge is 0.231 e. The van der Waals surface area contributed by atoms with E-state index >= 15 is 0 Å². The average molecular weight is 323 g/mol. The quantitative estimate of drug-likeness (QED) is 0.827. The predicted molar refractivity (Wildman–Crippen MR) is 93.2 cm³/mol. The largest absolute Gasteiger partial charge is 0.326 e. The first-order chi connectivity index (χ1) is 10.4. The molecule has 1 aromatic rings. The van der Waals surface area contributed by atoms with Crippen molar-refractivity contribution in [2.75, 3.05) is 24.3 Å². The first-order valence-electron chi connectivity index (χ1n) is 8.09. The fourth-order valence-corrected chi connectivity index (χ4v) is 2.65. The molecule has 0 unspecified atom stereocenters. The van der Waals surface area contributed by atoms with Gasteiger partial charge in [0.25, 0.3) is 0 Å². The fraction of sp³-hybridized carbons (Fsp3) is 0.611. The van der Waals surface area contributed by atoms with Crippen molar-refractivity contribution in [1.82, 2.24) is 4.90 Å². The third kappa shape index (κ3) is 4.72. The summed E-state index contributed by atoms with van der Waals surface area (Å²) in [5, 5.41) is 2.93.